The van der Waals surface area contributed by atoms with Gasteiger partial charge in [-0.3, -0.25) is 14.4 Å². The van der Waals surface area contributed by atoms with Crippen LogP contribution in [0.4, 0.5) is 15.8 Å². The van der Waals surface area contributed by atoms with Crippen molar-refractivity contribution in [2.24, 2.45) is 0 Å². The third-order valence-electron chi connectivity index (χ3n) is 6.01. The van der Waals surface area contributed by atoms with Gasteiger partial charge in [0, 0.05) is 57.3 Å². The van der Waals surface area contributed by atoms with Gasteiger partial charge in [-0.1, -0.05) is 0 Å². The predicted molar refractivity (Wildman–Crippen MR) is 119 cm³/mol. The Labute approximate surface area is 186 Å². The largest absolute Gasteiger partial charge is 0.479 e. The predicted octanol–water partition coefficient (Wildman–Crippen LogP) is 2.88. The van der Waals surface area contributed by atoms with E-state index in [0.717, 1.165) is 5.69 Å². The Bertz CT molecular complexity index is 1030. The summed E-state index contributed by atoms with van der Waals surface area (Å²) in [6.07, 6.45) is -0.324. The van der Waals surface area contributed by atoms with E-state index in [-0.39, 0.29) is 36.3 Å². The van der Waals surface area contributed by atoms with E-state index in [1.165, 1.54) is 17.0 Å². The summed E-state index contributed by atoms with van der Waals surface area (Å²) in [4.78, 5) is 42.8. The van der Waals surface area contributed by atoms with Gasteiger partial charge in [-0.15, -0.1) is 0 Å². The molecule has 1 fully saturated rings. The number of nitrogens with zero attached hydrogens (tertiary/aromatic N) is 3. The number of hydrogen-bond donors (Lipinski definition) is 0. The van der Waals surface area contributed by atoms with Gasteiger partial charge in [-0.05, 0) is 49.4 Å². The number of benzene rings is 2. The van der Waals surface area contributed by atoms with Crippen LogP contribution in [0.15, 0.2) is 42.5 Å². The molecule has 0 aliphatic carbocycles. The summed E-state index contributed by atoms with van der Waals surface area (Å²) in [5, 5.41) is 0. The van der Waals surface area contributed by atoms with Crippen molar-refractivity contribution in [3.8, 4) is 5.75 Å². The van der Waals surface area contributed by atoms with Crippen molar-refractivity contribution in [3.63, 3.8) is 0 Å². The SMILES string of the molecule is CC1Oc2ccc(C(=O)CCC(=O)N3CCN(c4ccc(F)cc4)CC3)cc2N(C)C1=O. The van der Waals surface area contributed by atoms with Crippen molar-refractivity contribution in [3.05, 3.63) is 53.8 Å². The van der Waals surface area contributed by atoms with Crippen LogP contribution in [0.5, 0.6) is 5.75 Å². The number of rotatable bonds is 5. The summed E-state index contributed by atoms with van der Waals surface area (Å²) in [7, 11) is 1.66. The van der Waals surface area contributed by atoms with Crippen molar-refractivity contribution < 1.29 is 23.5 Å². The highest BCUT2D eigenvalue weighted by atomic mass is 19.1. The summed E-state index contributed by atoms with van der Waals surface area (Å²) in [6, 6.07) is 11.3. The van der Waals surface area contributed by atoms with Crippen LogP contribution in [-0.4, -0.2) is 61.8 Å². The lowest BCUT2D eigenvalue weighted by molar-refractivity contribution is -0.131. The number of anilines is 2. The smallest absolute Gasteiger partial charge is 0.267 e. The van der Waals surface area contributed by atoms with Gasteiger partial charge in [0.1, 0.15) is 11.6 Å². The zero-order valence-electron chi connectivity index (χ0n) is 18.2. The zero-order chi connectivity index (χ0) is 22.8. The number of carbonyl (C=O) groups is 3. The van der Waals surface area contributed by atoms with Crippen LogP contribution in [0.25, 0.3) is 0 Å². The van der Waals surface area contributed by atoms with Gasteiger partial charge in [0.2, 0.25) is 5.91 Å². The molecule has 32 heavy (non-hydrogen) atoms. The van der Waals surface area contributed by atoms with E-state index in [0.29, 0.717) is 43.2 Å². The van der Waals surface area contributed by atoms with E-state index in [4.69, 9.17) is 4.74 Å². The standard InChI is InChI=1S/C24H26FN3O4/c1-16-24(31)26(2)20-15-17(3-9-22(20)32-16)21(29)8-10-23(30)28-13-11-27(12-14-28)19-6-4-18(25)5-7-19/h3-7,9,15-16H,8,10-14H2,1-2H3. The molecule has 2 aliphatic heterocycles. The highest BCUT2D eigenvalue weighted by molar-refractivity contribution is 6.03. The Balaban J connectivity index is 1.30. The van der Waals surface area contributed by atoms with Gasteiger partial charge in [0.05, 0.1) is 5.69 Å². The molecule has 2 aliphatic rings. The molecule has 4 rings (SSSR count). The van der Waals surface area contributed by atoms with Crippen LogP contribution in [0.1, 0.15) is 30.1 Å². The molecular weight excluding hydrogens is 413 g/mol. The fourth-order valence-electron chi connectivity index (χ4n) is 4.07. The first-order valence-electron chi connectivity index (χ1n) is 10.7. The average Bonchev–Trinajstić information content (AvgIpc) is 2.81. The fourth-order valence-corrected chi connectivity index (χ4v) is 4.07. The van der Waals surface area contributed by atoms with Crippen LogP contribution in [0, 0.1) is 5.82 Å². The highest BCUT2D eigenvalue weighted by Crippen LogP contribution is 2.34. The lowest BCUT2D eigenvalue weighted by Gasteiger charge is -2.36. The quantitative estimate of drug-likeness (QED) is 0.670. The lowest BCUT2D eigenvalue weighted by atomic mass is 10.0. The molecule has 2 aromatic rings. The molecule has 0 aromatic heterocycles. The monoisotopic (exact) mass is 439 g/mol. The maximum atomic E-state index is 13.1. The number of Topliss-reactive ketones (excluding diaryl/α,β-unsaturated/α-hetero) is 1. The topological polar surface area (TPSA) is 70.2 Å². The van der Waals surface area contributed by atoms with Crippen molar-refractivity contribution >= 4 is 29.0 Å². The second-order valence-electron chi connectivity index (χ2n) is 8.11. The number of ketones is 1. The molecule has 7 nitrogen and oxygen atoms in total. The molecule has 1 atom stereocenters. The molecule has 1 unspecified atom stereocenters. The van der Waals surface area contributed by atoms with Crippen LogP contribution in [-0.2, 0) is 9.59 Å². The van der Waals surface area contributed by atoms with Crippen LogP contribution < -0.4 is 14.5 Å². The van der Waals surface area contributed by atoms with E-state index in [1.807, 2.05) is 0 Å². The number of ether oxygens (including phenoxy) is 1. The zero-order valence-corrected chi connectivity index (χ0v) is 18.2. The van der Waals surface area contributed by atoms with Crippen molar-refractivity contribution in [2.45, 2.75) is 25.9 Å². The van der Waals surface area contributed by atoms with Crippen LogP contribution >= 0.6 is 0 Å². The Morgan fingerprint density at radius 3 is 2.41 bits per heavy atom. The van der Waals surface area contributed by atoms with Gasteiger partial charge >= 0.3 is 0 Å². The Hall–Kier alpha value is -3.42. The molecule has 8 heteroatoms. The molecule has 2 heterocycles. The Morgan fingerprint density at radius 1 is 1.03 bits per heavy atom. The fraction of sp³-hybridized carbons (Fsp3) is 0.375. The Kier molecular flexibility index (Phi) is 6.12. The molecule has 2 amide bonds. The molecule has 2 aromatic carbocycles. The molecule has 0 bridgehead atoms. The lowest BCUT2D eigenvalue weighted by Crippen LogP contribution is -2.48. The van der Waals surface area contributed by atoms with Crippen LogP contribution in [0.3, 0.4) is 0 Å². The molecule has 0 saturated carbocycles. The maximum absolute atomic E-state index is 13.1. The summed E-state index contributed by atoms with van der Waals surface area (Å²) in [5.41, 5.74) is 1.94. The Morgan fingerprint density at radius 2 is 1.72 bits per heavy atom. The van der Waals surface area contributed by atoms with Crippen molar-refractivity contribution in [1.82, 2.24) is 4.90 Å². The third-order valence-corrected chi connectivity index (χ3v) is 6.01. The number of fused-ring (bicyclic) bond motifs is 1. The van der Waals surface area contributed by atoms with E-state index in [1.54, 1.807) is 49.2 Å². The van der Waals surface area contributed by atoms with Crippen molar-refractivity contribution in [2.75, 3.05) is 43.0 Å². The van der Waals surface area contributed by atoms with E-state index in [9.17, 15) is 18.8 Å². The van der Waals surface area contributed by atoms with Gasteiger partial charge < -0.3 is 19.4 Å². The molecule has 0 N–H and O–H groups in total. The summed E-state index contributed by atoms with van der Waals surface area (Å²) < 4.78 is 18.7. The number of piperazine rings is 1. The second kappa shape index (κ2) is 8.98. The molecule has 1 saturated heterocycles. The molecule has 0 radical (unpaired) electrons. The van der Waals surface area contributed by atoms with Gasteiger partial charge in [-0.25, -0.2) is 4.39 Å². The maximum Gasteiger partial charge on any atom is 0.267 e. The molecular formula is C24H26FN3O4. The number of likely N-dealkylation sites (N-methyl/N-ethyl adjacent to an activating group) is 1. The van der Waals surface area contributed by atoms with Crippen molar-refractivity contribution in [1.29, 1.82) is 0 Å². The van der Waals surface area contributed by atoms with Gasteiger partial charge in [0.25, 0.3) is 5.91 Å². The number of hydrogen-bond acceptors (Lipinski definition) is 5. The minimum atomic E-state index is -0.560. The number of halogens is 1. The number of amides is 2. The first-order valence-corrected chi connectivity index (χ1v) is 10.7. The van der Waals surface area contributed by atoms with E-state index >= 15 is 0 Å². The van der Waals surface area contributed by atoms with E-state index in [2.05, 4.69) is 4.90 Å². The molecule has 168 valence electrons. The average molecular weight is 439 g/mol. The normalized spacial score (nSPS) is 18.3. The molecule has 0 spiro atoms. The van der Waals surface area contributed by atoms with Gasteiger partial charge in [-0.2, -0.15) is 0 Å². The van der Waals surface area contributed by atoms with E-state index < -0.39 is 6.10 Å². The van der Waals surface area contributed by atoms with Gasteiger partial charge in [0.15, 0.2) is 11.9 Å². The number of carbonyl (C=O) groups excluding carboxylic acids is 3. The minimum absolute atomic E-state index is 0.0560. The third kappa shape index (κ3) is 4.44. The van der Waals surface area contributed by atoms with Crippen LogP contribution in [0.2, 0.25) is 0 Å². The highest BCUT2D eigenvalue weighted by Gasteiger charge is 2.29. The first kappa shape index (κ1) is 21.8. The second-order valence-corrected chi connectivity index (χ2v) is 8.11. The summed E-state index contributed by atoms with van der Waals surface area (Å²) in [5.74, 6) is -0.0834. The summed E-state index contributed by atoms with van der Waals surface area (Å²) in [6.45, 7) is 4.13. The minimum Gasteiger partial charge on any atom is -0.479 e. The summed E-state index contributed by atoms with van der Waals surface area (Å²) >= 11 is 0. The first-order chi connectivity index (χ1) is 15.3.